The highest BCUT2D eigenvalue weighted by Crippen LogP contribution is 2.30. The zero-order chi connectivity index (χ0) is 13.6. The Morgan fingerprint density at radius 2 is 1.80 bits per heavy atom. The number of nitrogens with one attached hydrogen (secondary N) is 1. The number of rotatable bonds is 3. The van der Waals surface area contributed by atoms with Crippen molar-refractivity contribution >= 4 is 0 Å². The molecule has 0 aliphatic carbocycles. The summed E-state index contributed by atoms with van der Waals surface area (Å²) in [5.74, 6) is 1.90. The lowest BCUT2D eigenvalue weighted by molar-refractivity contribution is 0.122. The summed E-state index contributed by atoms with van der Waals surface area (Å²) in [6.45, 7) is 6.22. The van der Waals surface area contributed by atoms with Crippen LogP contribution < -0.4 is 5.32 Å². The van der Waals surface area contributed by atoms with Gasteiger partial charge in [-0.15, -0.1) is 0 Å². The number of hydrogen-bond donors (Lipinski definition) is 1. The summed E-state index contributed by atoms with van der Waals surface area (Å²) in [6, 6.07) is 11.0. The van der Waals surface area contributed by atoms with Crippen LogP contribution in [0.5, 0.6) is 0 Å². The molecular weight excluding hydrogens is 244 g/mol. The van der Waals surface area contributed by atoms with Crippen LogP contribution in [0, 0.1) is 11.8 Å². The summed E-state index contributed by atoms with van der Waals surface area (Å²) < 4.78 is 0. The van der Waals surface area contributed by atoms with Crippen molar-refractivity contribution in [3.63, 3.8) is 0 Å². The molecule has 2 atom stereocenters. The molecule has 1 N–H and O–H groups in total. The van der Waals surface area contributed by atoms with E-state index in [9.17, 15) is 0 Å². The first-order valence-electron chi connectivity index (χ1n) is 8.39. The van der Waals surface area contributed by atoms with Crippen LogP contribution in [0.15, 0.2) is 30.3 Å². The first kappa shape index (κ1) is 14.1. The van der Waals surface area contributed by atoms with Gasteiger partial charge in [-0.3, -0.25) is 4.90 Å². The van der Waals surface area contributed by atoms with E-state index in [0.717, 1.165) is 18.4 Å². The van der Waals surface area contributed by atoms with E-state index in [0.29, 0.717) is 0 Å². The zero-order valence-electron chi connectivity index (χ0n) is 12.6. The van der Waals surface area contributed by atoms with Gasteiger partial charge < -0.3 is 5.32 Å². The Labute approximate surface area is 123 Å². The van der Waals surface area contributed by atoms with Crippen LogP contribution in [0.3, 0.4) is 0 Å². The van der Waals surface area contributed by atoms with Crippen LogP contribution in [0.4, 0.5) is 0 Å². The highest BCUT2D eigenvalue weighted by Gasteiger charge is 2.27. The zero-order valence-corrected chi connectivity index (χ0v) is 12.6. The van der Waals surface area contributed by atoms with Crippen molar-refractivity contribution in [2.24, 2.45) is 11.8 Å². The van der Waals surface area contributed by atoms with E-state index < -0.39 is 0 Å². The van der Waals surface area contributed by atoms with E-state index >= 15 is 0 Å². The molecule has 0 bridgehead atoms. The highest BCUT2D eigenvalue weighted by molar-refractivity contribution is 5.14. The lowest BCUT2D eigenvalue weighted by atomic mass is 9.81. The molecule has 2 aliphatic heterocycles. The third-order valence-electron chi connectivity index (χ3n) is 5.08. The topological polar surface area (TPSA) is 15.3 Å². The molecule has 1 aromatic rings. The van der Waals surface area contributed by atoms with E-state index in [-0.39, 0.29) is 0 Å². The minimum Gasteiger partial charge on any atom is -0.317 e. The minimum atomic E-state index is 0.937. The molecule has 110 valence electrons. The van der Waals surface area contributed by atoms with Gasteiger partial charge in [0.1, 0.15) is 0 Å². The largest absolute Gasteiger partial charge is 0.317 e. The first-order valence-corrected chi connectivity index (χ1v) is 8.39. The van der Waals surface area contributed by atoms with E-state index in [1.54, 1.807) is 0 Å². The number of nitrogens with zero attached hydrogens (tertiary/aromatic N) is 1. The Balaban J connectivity index is 1.55. The van der Waals surface area contributed by atoms with Gasteiger partial charge in [0.05, 0.1) is 0 Å². The molecule has 1 aromatic carbocycles. The van der Waals surface area contributed by atoms with E-state index in [1.165, 1.54) is 63.8 Å². The van der Waals surface area contributed by atoms with Crippen LogP contribution in [-0.4, -0.2) is 31.1 Å². The first-order chi connectivity index (χ1) is 9.92. The lowest BCUT2D eigenvalue weighted by Gasteiger charge is -2.37. The predicted octanol–water partition coefficient (Wildman–Crippen LogP) is 3.29. The number of piperidine rings is 1. The van der Waals surface area contributed by atoms with Gasteiger partial charge >= 0.3 is 0 Å². The van der Waals surface area contributed by atoms with Gasteiger partial charge in [0.15, 0.2) is 0 Å². The minimum absolute atomic E-state index is 0.937. The monoisotopic (exact) mass is 272 g/mol. The summed E-state index contributed by atoms with van der Waals surface area (Å²) in [5.41, 5.74) is 1.47. The smallest absolute Gasteiger partial charge is 0.0233 e. The standard InChI is InChI=1S/C18H28N2/c1-2-6-16(7-3-1)14-20-13-5-9-18(15-20)17-8-4-11-19-12-10-17/h1-3,6-7,17-19H,4-5,8-15H2. The maximum Gasteiger partial charge on any atom is 0.0233 e. The fraction of sp³-hybridized carbons (Fsp3) is 0.667. The van der Waals surface area contributed by atoms with Crippen molar-refractivity contribution in [2.45, 2.75) is 38.6 Å². The number of hydrogen-bond acceptors (Lipinski definition) is 2. The highest BCUT2D eigenvalue weighted by atomic mass is 15.1. The maximum atomic E-state index is 3.55. The fourth-order valence-corrected chi connectivity index (χ4v) is 3.98. The van der Waals surface area contributed by atoms with Gasteiger partial charge in [0, 0.05) is 13.1 Å². The molecule has 2 saturated heterocycles. The van der Waals surface area contributed by atoms with Crippen LogP contribution in [0.25, 0.3) is 0 Å². The fourth-order valence-electron chi connectivity index (χ4n) is 3.98. The van der Waals surface area contributed by atoms with Crippen LogP contribution in [0.1, 0.15) is 37.7 Å². The molecule has 2 aliphatic rings. The summed E-state index contributed by atoms with van der Waals surface area (Å²) in [4.78, 5) is 2.68. The van der Waals surface area contributed by atoms with Gasteiger partial charge in [-0.1, -0.05) is 30.3 Å². The van der Waals surface area contributed by atoms with Gasteiger partial charge in [0.25, 0.3) is 0 Å². The molecule has 2 fully saturated rings. The number of likely N-dealkylation sites (tertiary alicyclic amines) is 1. The molecule has 20 heavy (non-hydrogen) atoms. The van der Waals surface area contributed by atoms with Crippen molar-refractivity contribution in [1.82, 2.24) is 10.2 Å². The lowest BCUT2D eigenvalue weighted by Crippen LogP contribution is -2.38. The molecule has 2 nitrogen and oxygen atoms in total. The molecule has 0 amide bonds. The average Bonchev–Trinajstić information content (AvgIpc) is 2.78. The summed E-state index contributed by atoms with van der Waals surface area (Å²) in [7, 11) is 0. The van der Waals surface area contributed by atoms with E-state index in [4.69, 9.17) is 0 Å². The Hall–Kier alpha value is -0.860. The molecule has 0 saturated carbocycles. The van der Waals surface area contributed by atoms with Crippen LogP contribution in [0.2, 0.25) is 0 Å². The average molecular weight is 272 g/mol. The van der Waals surface area contributed by atoms with Crippen molar-refractivity contribution in [3.05, 3.63) is 35.9 Å². The van der Waals surface area contributed by atoms with Gasteiger partial charge in [0.2, 0.25) is 0 Å². The molecule has 2 unspecified atom stereocenters. The molecule has 0 spiro atoms. The quantitative estimate of drug-likeness (QED) is 0.908. The normalized spacial score (nSPS) is 29.0. The van der Waals surface area contributed by atoms with E-state index in [2.05, 4.69) is 40.5 Å². The maximum absolute atomic E-state index is 3.55. The van der Waals surface area contributed by atoms with Crippen molar-refractivity contribution in [3.8, 4) is 0 Å². The third kappa shape index (κ3) is 3.83. The molecule has 0 radical (unpaired) electrons. The third-order valence-corrected chi connectivity index (χ3v) is 5.08. The van der Waals surface area contributed by atoms with Crippen LogP contribution in [-0.2, 0) is 6.54 Å². The Morgan fingerprint density at radius 3 is 2.70 bits per heavy atom. The Morgan fingerprint density at radius 1 is 0.950 bits per heavy atom. The Bertz CT molecular complexity index is 382. The van der Waals surface area contributed by atoms with Crippen LogP contribution >= 0.6 is 0 Å². The van der Waals surface area contributed by atoms with Gasteiger partial charge in [-0.25, -0.2) is 0 Å². The SMILES string of the molecule is c1ccc(CN2CCCC(C3CCCNCC3)C2)cc1. The van der Waals surface area contributed by atoms with Gasteiger partial charge in [-0.2, -0.15) is 0 Å². The predicted molar refractivity (Wildman–Crippen MR) is 84.7 cm³/mol. The molecular formula is C18H28N2. The van der Waals surface area contributed by atoms with Gasteiger partial charge in [-0.05, 0) is 69.1 Å². The van der Waals surface area contributed by atoms with Crippen molar-refractivity contribution in [2.75, 3.05) is 26.2 Å². The second kappa shape index (κ2) is 7.24. The van der Waals surface area contributed by atoms with E-state index in [1.807, 2.05) is 0 Å². The second-order valence-corrected chi connectivity index (χ2v) is 6.56. The molecule has 2 heteroatoms. The summed E-state index contributed by atoms with van der Waals surface area (Å²) in [5, 5.41) is 3.55. The second-order valence-electron chi connectivity index (χ2n) is 6.56. The van der Waals surface area contributed by atoms with Crippen molar-refractivity contribution < 1.29 is 0 Å². The molecule has 2 heterocycles. The molecule has 0 aromatic heterocycles. The Kier molecular flexibility index (Phi) is 5.10. The molecule has 3 rings (SSSR count). The van der Waals surface area contributed by atoms with Crippen molar-refractivity contribution in [1.29, 1.82) is 0 Å². The number of benzene rings is 1. The summed E-state index contributed by atoms with van der Waals surface area (Å²) in [6.07, 6.45) is 7.05. The summed E-state index contributed by atoms with van der Waals surface area (Å²) >= 11 is 0.